The molecule has 1 rings (SSSR count). The fourth-order valence-corrected chi connectivity index (χ4v) is 0.846. The zero-order valence-electron chi connectivity index (χ0n) is 8.32. The van der Waals surface area contributed by atoms with E-state index < -0.39 is 34.8 Å². The van der Waals surface area contributed by atoms with Gasteiger partial charge in [0.05, 0.1) is 0 Å². The summed E-state index contributed by atoms with van der Waals surface area (Å²) in [5.41, 5.74) is 0. The van der Waals surface area contributed by atoms with Crippen LogP contribution in [0.5, 0.6) is 5.75 Å². The Morgan fingerprint density at radius 1 is 0.812 bits per heavy atom. The smallest absolute Gasteiger partial charge is 0.328 e. The first kappa shape index (κ1) is 12.4. The van der Waals surface area contributed by atoms with Crippen LogP contribution >= 0.6 is 0 Å². The minimum atomic E-state index is -2.22. The SMILES string of the molecule is C[N+](C)=COc1c(F)c(F)c(F)c(F)c1F. The fraction of sp³-hybridized carbons (Fsp3) is 0.222. The van der Waals surface area contributed by atoms with Crippen LogP contribution in [0.4, 0.5) is 22.0 Å². The van der Waals surface area contributed by atoms with Gasteiger partial charge in [0.1, 0.15) is 14.1 Å². The zero-order valence-corrected chi connectivity index (χ0v) is 8.32. The molecule has 88 valence electrons. The molecule has 0 N–H and O–H groups in total. The van der Waals surface area contributed by atoms with E-state index in [1.165, 1.54) is 18.7 Å². The molecule has 0 aliphatic heterocycles. The van der Waals surface area contributed by atoms with E-state index in [1.54, 1.807) is 0 Å². The standard InChI is InChI=1S/C9H7F5NO/c1-15(2)3-16-9-7(13)5(11)4(10)6(12)8(9)14/h3H,1-2H3/q+1. The van der Waals surface area contributed by atoms with Crippen molar-refractivity contribution in [2.75, 3.05) is 14.1 Å². The summed E-state index contributed by atoms with van der Waals surface area (Å²) >= 11 is 0. The Morgan fingerprint density at radius 3 is 1.56 bits per heavy atom. The predicted octanol–water partition coefficient (Wildman–Crippen LogP) is 2.06. The molecule has 0 aliphatic carbocycles. The van der Waals surface area contributed by atoms with Gasteiger partial charge in [0, 0.05) is 0 Å². The molecule has 16 heavy (non-hydrogen) atoms. The molecule has 1 aromatic rings. The van der Waals surface area contributed by atoms with Gasteiger partial charge in [-0.15, -0.1) is 0 Å². The molecule has 0 aliphatic rings. The van der Waals surface area contributed by atoms with Gasteiger partial charge < -0.3 is 4.74 Å². The molecule has 0 atom stereocenters. The van der Waals surface area contributed by atoms with E-state index in [0.717, 1.165) is 6.40 Å². The molecular formula is C9H7F5NO+. The third kappa shape index (κ3) is 2.12. The number of ether oxygens (including phenoxy) is 1. The van der Waals surface area contributed by atoms with Crippen molar-refractivity contribution >= 4 is 6.40 Å². The number of benzene rings is 1. The molecule has 1 aromatic carbocycles. The van der Waals surface area contributed by atoms with Gasteiger partial charge in [0.25, 0.3) is 0 Å². The molecule has 0 saturated carbocycles. The van der Waals surface area contributed by atoms with Crippen LogP contribution in [-0.2, 0) is 0 Å². The minimum absolute atomic E-state index is 0.804. The minimum Gasteiger partial charge on any atom is -0.405 e. The maximum absolute atomic E-state index is 13.0. The summed E-state index contributed by atoms with van der Waals surface area (Å²) in [5.74, 6) is -11.6. The lowest BCUT2D eigenvalue weighted by Crippen LogP contribution is -2.10. The Hall–Kier alpha value is -1.66. The molecule has 0 heterocycles. The Morgan fingerprint density at radius 2 is 1.19 bits per heavy atom. The normalized spacial score (nSPS) is 10.2. The van der Waals surface area contributed by atoms with E-state index in [0.29, 0.717) is 0 Å². The maximum atomic E-state index is 13.0. The number of halogens is 5. The lowest BCUT2D eigenvalue weighted by Gasteiger charge is -2.05. The van der Waals surface area contributed by atoms with Crippen LogP contribution < -0.4 is 4.74 Å². The van der Waals surface area contributed by atoms with Crippen molar-refractivity contribution < 1.29 is 31.3 Å². The summed E-state index contributed by atoms with van der Waals surface area (Å²) in [6.07, 6.45) is 0.804. The first-order chi connectivity index (χ1) is 7.36. The Kier molecular flexibility index (Phi) is 3.46. The number of rotatable bonds is 2. The van der Waals surface area contributed by atoms with Gasteiger partial charge in [-0.3, -0.25) is 0 Å². The molecule has 0 bridgehead atoms. The number of hydrogen-bond donors (Lipinski definition) is 0. The van der Waals surface area contributed by atoms with Crippen LogP contribution in [-0.4, -0.2) is 25.1 Å². The van der Waals surface area contributed by atoms with E-state index in [2.05, 4.69) is 4.74 Å². The summed E-state index contributed by atoms with van der Waals surface area (Å²) < 4.78 is 69.4. The second-order valence-corrected chi connectivity index (χ2v) is 3.09. The maximum Gasteiger partial charge on any atom is 0.328 e. The highest BCUT2D eigenvalue weighted by Gasteiger charge is 2.27. The molecule has 0 saturated heterocycles. The van der Waals surface area contributed by atoms with E-state index in [-0.39, 0.29) is 0 Å². The molecule has 0 radical (unpaired) electrons. The largest absolute Gasteiger partial charge is 0.405 e. The molecule has 0 aromatic heterocycles. The third-order valence-corrected chi connectivity index (χ3v) is 1.55. The van der Waals surface area contributed by atoms with Crippen molar-refractivity contribution in [3.8, 4) is 5.75 Å². The summed E-state index contributed by atoms with van der Waals surface area (Å²) in [6.45, 7) is 0. The lowest BCUT2D eigenvalue weighted by atomic mass is 10.3. The van der Waals surface area contributed by atoms with E-state index in [4.69, 9.17) is 0 Å². The third-order valence-electron chi connectivity index (χ3n) is 1.55. The summed E-state index contributed by atoms with van der Waals surface area (Å²) in [7, 11) is 2.90. The first-order valence-electron chi connectivity index (χ1n) is 4.04. The molecule has 0 spiro atoms. The summed E-state index contributed by atoms with van der Waals surface area (Å²) in [5, 5.41) is 0. The fourth-order valence-electron chi connectivity index (χ4n) is 0.846. The second-order valence-electron chi connectivity index (χ2n) is 3.09. The van der Waals surface area contributed by atoms with Crippen molar-refractivity contribution in [3.63, 3.8) is 0 Å². The Bertz CT molecular complexity index is 425. The zero-order chi connectivity index (χ0) is 12.5. The first-order valence-corrected chi connectivity index (χ1v) is 4.04. The molecule has 0 fully saturated rings. The van der Waals surface area contributed by atoms with Crippen molar-refractivity contribution in [1.82, 2.24) is 0 Å². The van der Waals surface area contributed by atoms with Crippen LogP contribution in [0.25, 0.3) is 0 Å². The predicted molar refractivity (Wildman–Crippen MR) is 45.0 cm³/mol. The summed E-state index contributed by atoms with van der Waals surface area (Å²) in [6, 6.07) is 0. The van der Waals surface area contributed by atoms with Crippen LogP contribution in [0.1, 0.15) is 0 Å². The molecule has 0 amide bonds. The van der Waals surface area contributed by atoms with Crippen molar-refractivity contribution in [1.29, 1.82) is 0 Å². The molecule has 2 nitrogen and oxygen atoms in total. The van der Waals surface area contributed by atoms with Gasteiger partial charge in [-0.1, -0.05) is 0 Å². The summed E-state index contributed by atoms with van der Waals surface area (Å²) in [4.78, 5) is 0. The highest BCUT2D eigenvalue weighted by atomic mass is 19.2. The second kappa shape index (κ2) is 4.46. The highest BCUT2D eigenvalue weighted by molar-refractivity contribution is 5.47. The van der Waals surface area contributed by atoms with E-state index in [1.807, 2.05) is 0 Å². The molecule has 0 unspecified atom stereocenters. The average Bonchev–Trinajstić information content (AvgIpc) is 2.23. The van der Waals surface area contributed by atoms with Gasteiger partial charge in [-0.05, 0) is 0 Å². The molecular weight excluding hydrogens is 233 g/mol. The molecule has 7 heteroatoms. The highest BCUT2D eigenvalue weighted by Crippen LogP contribution is 2.28. The van der Waals surface area contributed by atoms with Crippen LogP contribution in [0.2, 0.25) is 0 Å². The van der Waals surface area contributed by atoms with Crippen LogP contribution in [0.15, 0.2) is 0 Å². The van der Waals surface area contributed by atoms with Gasteiger partial charge in [-0.2, -0.15) is 8.78 Å². The monoisotopic (exact) mass is 240 g/mol. The van der Waals surface area contributed by atoms with E-state index in [9.17, 15) is 22.0 Å². The average molecular weight is 240 g/mol. The van der Waals surface area contributed by atoms with Gasteiger partial charge in [0.15, 0.2) is 0 Å². The Balaban J connectivity index is 3.34. The van der Waals surface area contributed by atoms with Crippen LogP contribution in [0, 0.1) is 29.1 Å². The number of hydrogen-bond acceptors (Lipinski definition) is 1. The van der Waals surface area contributed by atoms with Crippen molar-refractivity contribution in [2.45, 2.75) is 0 Å². The van der Waals surface area contributed by atoms with Gasteiger partial charge >= 0.3 is 6.40 Å². The van der Waals surface area contributed by atoms with Gasteiger partial charge in [0.2, 0.25) is 34.8 Å². The van der Waals surface area contributed by atoms with Crippen LogP contribution in [0.3, 0.4) is 0 Å². The topological polar surface area (TPSA) is 12.2 Å². The quantitative estimate of drug-likeness (QED) is 0.192. The van der Waals surface area contributed by atoms with Gasteiger partial charge in [-0.25, -0.2) is 17.7 Å². The lowest BCUT2D eigenvalue weighted by molar-refractivity contribution is -0.466. The van der Waals surface area contributed by atoms with Crippen molar-refractivity contribution in [3.05, 3.63) is 29.1 Å². The van der Waals surface area contributed by atoms with E-state index >= 15 is 0 Å². The Labute approximate surface area is 87.6 Å². The van der Waals surface area contributed by atoms with Crippen molar-refractivity contribution in [2.24, 2.45) is 0 Å². The number of nitrogens with zero attached hydrogens (tertiary/aromatic N) is 1.